The van der Waals surface area contributed by atoms with Crippen molar-refractivity contribution in [1.82, 2.24) is 0 Å². The van der Waals surface area contributed by atoms with Crippen LogP contribution in [-0.2, 0) is 0 Å². The summed E-state index contributed by atoms with van der Waals surface area (Å²) in [5.74, 6) is 2.00. The maximum absolute atomic E-state index is 6.20. The van der Waals surface area contributed by atoms with Gasteiger partial charge in [0.05, 0.1) is 13.2 Å². The molecule has 2 rings (SSSR count). The quantitative estimate of drug-likeness (QED) is 0.161. The average Bonchev–Trinajstić information content (AvgIpc) is 2.69. The molecule has 0 saturated carbocycles. The molecule has 2 aromatic rings. The van der Waals surface area contributed by atoms with Crippen molar-refractivity contribution in [2.45, 2.75) is 103 Å². The molecule has 2 aromatic carbocycles. The van der Waals surface area contributed by atoms with E-state index >= 15 is 0 Å². The highest BCUT2D eigenvalue weighted by molar-refractivity contribution is 7.60. The van der Waals surface area contributed by atoms with Crippen molar-refractivity contribution in [3.8, 4) is 11.5 Å². The first kappa shape index (κ1) is 31.8. The number of hydrogen-bond donors (Lipinski definition) is 0. The number of rotatable bonds is 14. The Hall–Kier alpha value is -0.399. The third-order valence-corrected chi connectivity index (χ3v) is 67.8. The van der Waals surface area contributed by atoms with Gasteiger partial charge in [0.2, 0.25) is 0 Å². The molecule has 0 aromatic heterocycles. The zero-order valence-corrected chi connectivity index (χ0v) is 31.5. The Balaban J connectivity index is 1.89. The molecular weight excluding hydrogens is 537 g/mol. The number of hydrogen-bond acceptors (Lipinski definition) is 2. The molecule has 0 heterocycles. The van der Waals surface area contributed by atoms with Gasteiger partial charge in [0.25, 0.3) is 0 Å². The molecule has 2 radical (unpaired) electrons. The van der Waals surface area contributed by atoms with Crippen LogP contribution < -0.4 is 9.47 Å². The highest BCUT2D eigenvalue weighted by Crippen LogP contribution is 2.27. The second kappa shape index (κ2) is 12.6. The van der Waals surface area contributed by atoms with E-state index < -0.39 is 30.4 Å². The van der Waals surface area contributed by atoms with E-state index in [4.69, 9.17) is 9.47 Å². The molecule has 0 N–H and O–H groups in total. The lowest BCUT2D eigenvalue weighted by Gasteiger charge is -2.37. The van der Waals surface area contributed by atoms with Crippen molar-refractivity contribution < 1.29 is 9.47 Å². The molecule has 0 atom stereocenters. The Morgan fingerprint density at radius 3 is 1.08 bits per heavy atom. The van der Waals surface area contributed by atoms with Crippen molar-refractivity contribution in [3.05, 3.63) is 36.4 Å². The van der Waals surface area contributed by atoms with Crippen LogP contribution in [0.1, 0.15) is 12.8 Å². The summed E-state index contributed by atoms with van der Waals surface area (Å²) in [6.45, 7) is 32.7. The third-order valence-electron chi connectivity index (χ3n) is 7.08. The van der Waals surface area contributed by atoms with E-state index in [1.165, 1.54) is 35.7 Å². The van der Waals surface area contributed by atoms with Gasteiger partial charge in [-0.3, -0.25) is 0 Å². The van der Waals surface area contributed by atoms with Gasteiger partial charge in [0.1, 0.15) is 11.5 Å². The third kappa shape index (κ3) is 10.1. The summed E-state index contributed by atoms with van der Waals surface area (Å²) in [6.07, 6.45) is 2.40. The van der Waals surface area contributed by atoms with Crippen molar-refractivity contribution in [1.29, 1.82) is 0 Å². The number of ether oxygens (including phenoxy) is 2. The van der Waals surface area contributed by atoms with Gasteiger partial charge in [-0.15, -0.1) is 0 Å². The van der Waals surface area contributed by atoms with Crippen molar-refractivity contribution >= 4 is 56.8 Å². The second-order valence-corrected chi connectivity index (χ2v) is 63.7. The van der Waals surface area contributed by atoms with E-state index in [0.717, 1.165) is 24.7 Å². The maximum Gasteiger partial charge on any atom is 0.119 e. The van der Waals surface area contributed by atoms with Crippen molar-refractivity contribution in [3.63, 3.8) is 0 Å². The first-order valence-corrected chi connectivity index (χ1v) is 35.3. The normalized spacial score (nSPS) is 13.6. The lowest BCUT2D eigenvalue weighted by Crippen LogP contribution is -2.58. The smallest absolute Gasteiger partial charge is 0.119 e. The van der Waals surface area contributed by atoms with Gasteiger partial charge >= 0.3 is 0 Å². The summed E-state index contributed by atoms with van der Waals surface area (Å²) < 4.78 is 12.4. The van der Waals surface area contributed by atoms with Gasteiger partial charge in [-0.25, -0.2) is 0 Å². The van der Waals surface area contributed by atoms with E-state index in [0.29, 0.717) is 0 Å². The van der Waals surface area contributed by atoms with Crippen LogP contribution >= 0.6 is 0 Å². The molecule has 0 aliphatic carbocycles. The van der Waals surface area contributed by atoms with Crippen molar-refractivity contribution in [2.75, 3.05) is 13.2 Å². The zero-order chi connectivity index (χ0) is 27.4. The van der Waals surface area contributed by atoms with Crippen LogP contribution in [0, 0.1) is 0 Å². The van der Waals surface area contributed by atoms with Crippen LogP contribution in [0.5, 0.6) is 11.5 Å². The predicted octanol–water partition coefficient (Wildman–Crippen LogP) is 9.03. The fourth-order valence-electron chi connectivity index (χ4n) is 6.01. The summed E-state index contributed by atoms with van der Waals surface area (Å²) in [5, 5.41) is 2.47. The van der Waals surface area contributed by atoms with E-state index in [1.54, 1.807) is 0 Å². The predicted molar refractivity (Wildman–Crippen MR) is 179 cm³/mol. The molecule has 0 aliphatic heterocycles. The Morgan fingerprint density at radius 2 is 0.806 bits per heavy atom. The Morgan fingerprint density at radius 1 is 0.500 bits per heavy atom. The van der Waals surface area contributed by atoms with Crippen LogP contribution in [-0.4, -0.2) is 59.2 Å². The largest absolute Gasteiger partial charge is 0.494 e. The monoisotopic (exact) mass is 590 g/mol. The lowest BCUT2D eigenvalue weighted by atomic mass is 10.1. The van der Waals surface area contributed by atoms with Crippen molar-refractivity contribution in [2.24, 2.45) is 0 Å². The highest BCUT2D eigenvalue weighted by atomic mass is 29.6. The van der Waals surface area contributed by atoms with Crippen LogP contribution in [0.25, 0.3) is 10.8 Å². The van der Waals surface area contributed by atoms with Crippen LogP contribution in [0.3, 0.4) is 0 Å². The SMILES string of the molecule is C[Si](C)(C)[Si](CCCOc1ccc2cc(OCCC[Si]([Si](C)(C)C)[Si](C)(C)C)ccc2c1)[Si](C)(C)C. The van der Waals surface area contributed by atoms with Crippen LogP contribution in [0.15, 0.2) is 36.4 Å². The van der Waals surface area contributed by atoms with Gasteiger partial charge in [0.15, 0.2) is 0 Å². The Bertz CT molecular complexity index is 860. The fourth-order valence-corrected chi connectivity index (χ4v) is 79.6. The fraction of sp³-hybridized carbons (Fsp3) is 0.643. The highest BCUT2D eigenvalue weighted by Gasteiger charge is 2.39. The molecule has 36 heavy (non-hydrogen) atoms. The van der Waals surface area contributed by atoms with E-state index in [9.17, 15) is 0 Å². The van der Waals surface area contributed by atoms with Gasteiger partial charge in [-0.05, 0) is 47.9 Å². The van der Waals surface area contributed by atoms with Crippen LogP contribution in [0.2, 0.25) is 90.7 Å². The molecule has 0 saturated heterocycles. The molecule has 2 nitrogen and oxygen atoms in total. The Labute approximate surface area is 230 Å². The summed E-state index contributed by atoms with van der Waals surface area (Å²) in [4.78, 5) is 0. The minimum Gasteiger partial charge on any atom is -0.494 e. The van der Waals surface area contributed by atoms with Crippen LogP contribution in [0.4, 0.5) is 0 Å². The average molecular weight is 591 g/mol. The summed E-state index contributed by atoms with van der Waals surface area (Å²) in [5.41, 5.74) is 0. The summed E-state index contributed by atoms with van der Waals surface area (Å²) in [7, 11) is -4.53. The molecule has 0 unspecified atom stereocenters. The number of fused-ring (bicyclic) bond motifs is 1. The summed E-state index contributed by atoms with van der Waals surface area (Å²) >= 11 is 0. The number of benzene rings is 2. The maximum atomic E-state index is 6.20. The van der Waals surface area contributed by atoms with Gasteiger partial charge in [0, 0.05) is 46.0 Å². The lowest BCUT2D eigenvalue weighted by molar-refractivity contribution is 0.317. The van der Waals surface area contributed by atoms with E-state index in [1.807, 2.05) is 0 Å². The minimum atomic E-state index is -1.03. The molecule has 0 spiro atoms. The second-order valence-electron chi connectivity index (χ2n) is 14.5. The first-order valence-electron chi connectivity index (χ1n) is 13.9. The first-order chi connectivity index (χ1) is 16.4. The topological polar surface area (TPSA) is 18.5 Å². The molecule has 202 valence electrons. The molecule has 0 bridgehead atoms. The molecular formula is C28H54O2Si6. The van der Waals surface area contributed by atoms with E-state index in [2.05, 4.69) is 115 Å². The van der Waals surface area contributed by atoms with Gasteiger partial charge < -0.3 is 9.47 Å². The van der Waals surface area contributed by atoms with Gasteiger partial charge in [-0.1, -0.05) is 103 Å². The molecule has 8 heteroatoms. The zero-order valence-electron chi connectivity index (χ0n) is 25.5. The standard InChI is InChI=1S/C28H54O2Si6/c1-33(2,3)31(34(4,5)6)21-13-19-29-27-17-15-26-24-28(18-16-25(26)23-27)30-20-14-22-32(35(7,8)9)36(10,11)12/h15-18,23-24H,13-14,19-22H2,1-12H3. The van der Waals surface area contributed by atoms with E-state index in [-0.39, 0.29) is 15.7 Å². The summed E-state index contributed by atoms with van der Waals surface area (Å²) in [6, 6.07) is 15.9. The molecule has 0 fully saturated rings. The molecule has 0 aliphatic rings. The van der Waals surface area contributed by atoms with Gasteiger partial charge in [-0.2, -0.15) is 0 Å². The minimum absolute atomic E-state index is 0.208. The Kier molecular flexibility index (Phi) is 11.2. The molecule has 0 amide bonds.